The van der Waals surface area contributed by atoms with Crippen LogP contribution in [0.4, 0.5) is 0 Å². The highest BCUT2D eigenvalue weighted by Gasteiger charge is 2.09. The maximum Gasteiger partial charge on any atom is 0.250 e. The van der Waals surface area contributed by atoms with Gasteiger partial charge in [0.25, 0.3) is 0 Å². The molecule has 146 valence electrons. The fraction of sp³-hybridized carbons (Fsp3) is 0.400. The van der Waals surface area contributed by atoms with Crippen molar-refractivity contribution in [3.8, 4) is 17.4 Å². The van der Waals surface area contributed by atoms with E-state index in [1.165, 1.54) is 6.20 Å². The second-order valence-corrected chi connectivity index (χ2v) is 6.29. The Morgan fingerprint density at radius 1 is 1.22 bits per heavy atom. The van der Waals surface area contributed by atoms with E-state index in [0.29, 0.717) is 22.9 Å². The number of carbonyl (C=O) groups excluding carboxylic acids is 1. The zero-order valence-electron chi connectivity index (χ0n) is 16.0. The maximum absolute atomic E-state index is 11.1. The topological polar surface area (TPSA) is 95.7 Å². The van der Waals surface area contributed by atoms with Crippen LogP contribution in [0.25, 0.3) is 0 Å². The molecule has 2 aromatic rings. The van der Waals surface area contributed by atoms with Crippen LogP contribution in [-0.4, -0.2) is 37.3 Å². The van der Waals surface area contributed by atoms with Gasteiger partial charge in [0.05, 0.1) is 18.8 Å². The third-order valence-corrected chi connectivity index (χ3v) is 3.74. The lowest BCUT2D eigenvalue weighted by Crippen LogP contribution is -2.17. The third-order valence-electron chi connectivity index (χ3n) is 3.74. The second-order valence-electron chi connectivity index (χ2n) is 6.29. The van der Waals surface area contributed by atoms with Crippen molar-refractivity contribution in [1.29, 1.82) is 0 Å². The van der Waals surface area contributed by atoms with Gasteiger partial charge in [-0.1, -0.05) is 6.07 Å². The van der Waals surface area contributed by atoms with Crippen molar-refractivity contribution in [2.45, 2.75) is 32.9 Å². The number of nitrogens with two attached hydrogens (primary N) is 1. The summed E-state index contributed by atoms with van der Waals surface area (Å²) in [6.45, 7) is 6.42. The van der Waals surface area contributed by atoms with Gasteiger partial charge in [-0.15, -0.1) is 0 Å². The smallest absolute Gasteiger partial charge is 0.250 e. The fourth-order valence-corrected chi connectivity index (χ4v) is 2.35. The molecule has 0 radical (unpaired) electrons. The Labute approximate surface area is 159 Å². The number of hydrogen-bond acceptors (Lipinski definition) is 6. The molecule has 3 N–H and O–H groups in total. The number of rotatable bonds is 11. The standard InChI is InChI=1S/C20H27N3O4/c1-14(2)26-10-4-9-22-12-15-5-7-17(18(11-15)25-3)27-19-8-6-16(13-23-19)20(21)24/h5-8,11,13-14,22H,4,9-10,12H2,1-3H3,(H2,21,24). The summed E-state index contributed by atoms with van der Waals surface area (Å²) in [5.41, 5.74) is 6.62. The summed E-state index contributed by atoms with van der Waals surface area (Å²) in [5, 5.41) is 3.38. The summed E-state index contributed by atoms with van der Waals surface area (Å²) in [4.78, 5) is 15.2. The van der Waals surface area contributed by atoms with Gasteiger partial charge in [-0.05, 0) is 50.6 Å². The molecule has 2 rings (SSSR count). The minimum absolute atomic E-state index is 0.267. The molecule has 27 heavy (non-hydrogen) atoms. The highest BCUT2D eigenvalue weighted by atomic mass is 16.5. The molecule has 0 aliphatic heterocycles. The van der Waals surface area contributed by atoms with Crippen molar-refractivity contribution in [1.82, 2.24) is 10.3 Å². The predicted octanol–water partition coefficient (Wildman–Crippen LogP) is 2.89. The first-order valence-electron chi connectivity index (χ1n) is 8.92. The van der Waals surface area contributed by atoms with Crippen LogP contribution in [0.5, 0.6) is 17.4 Å². The van der Waals surface area contributed by atoms with Crippen molar-refractivity contribution in [2.24, 2.45) is 5.73 Å². The van der Waals surface area contributed by atoms with Crippen LogP contribution in [0.3, 0.4) is 0 Å². The Kier molecular flexibility index (Phi) is 8.03. The first kappa shape index (κ1) is 20.7. The SMILES string of the molecule is COc1cc(CNCCCOC(C)C)ccc1Oc1ccc(C(N)=O)cn1. The molecule has 0 atom stereocenters. The molecule has 1 amide bonds. The van der Waals surface area contributed by atoms with Gasteiger partial charge < -0.3 is 25.3 Å². The van der Waals surface area contributed by atoms with Crippen LogP contribution in [0.2, 0.25) is 0 Å². The average Bonchev–Trinajstić information content (AvgIpc) is 2.65. The number of primary amides is 1. The van der Waals surface area contributed by atoms with Gasteiger partial charge in [0.15, 0.2) is 11.5 Å². The van der Waals surface area contributed by atoms with E-state index < -0.39 is 5.91 Å². The van der Waals surface area contributed by atoms with Gasteiger partial charge in [-0.3, -0.25) is 4.79 Å². The molecule has 0 aliphatic carbocycles. The van der Waals surface area contributed by atoms with E-state index in [4.69, 9.17) is 19.9 Å². The Balaban J connectivity index is 1.90. The second kappa shape index (κ2) is 10.5. The number of carbonyl (C=O) groups is 1. The van der Waals surface area contributed by atoms with Crippen LogP contribution in [0.15, 0.2) is 36.5 Å². The van der Waals surface area contributed by atoms with Crippen molar-refractivity contribution >= 4 is 5.91 Å². The largest absolute Gasteiger partial charge is 0.493 e. The molecule has 0 spiro atoms. The van der Waals surface area contributed by atoms with E-state index in [1.54, 1.807) is 19.2 Å². The number of benzene rings is 1. The van der Waals surface area contributed by atoms with E-state index in [0.717, 1.165) is 31.7 Å². The minimum Gasteiger partial charge on any atom is -0.493 e. The monoisotopic (exact) mass is 373 g/mol. The summed E-state index contributed by atoms with van der Waals surface area (Å²) < 4.78 is 16.7. The highest BCUT2D eigenvalue weighted by Crippen LogP contribution is 2.31. The van der Waals surface area contributed by atoms with Gasteiger partial charge in [0.1, 0.15) is 0 Å². The van der Waals surface area contributed by atoms with Gasteiger partial charge in [0, 0.05) is 25.4 Å². The van der Waals surface area contributed by atoms with E-state index in [-0.39, 0.29) is 6.10 Å². The summed E-state index contributed by atoms with van der Waals surface area (Å²) in [7, 11) is 1.59. The van der Waals surface area contributed by atoms with Crippen LogP contribution >= 0.6 is 0 Å². The van der Waals surface area contributed by atoms with Crippen LogP contribution in [0.1, 0.15) is 36.2 Å². The lowest BCUT2D eigenvalue weighted by atomic mass is 10.2. The van der Waals surface area contributed by atoms with Gasteiger partial charge in [-0.2, -0.15) is 0 Å². The number of methoxy groups -OCH3 is 1. The molecule has 1 aromatic carbocycles. The molecule has 7 heteroatoms. The van der Waals surface area contributed by atoms with E-state index in [2.05, 4.69) is 10.3 Å². The van der Waals surface area contributed by atoms with Crippen LogP contribution in [-0.2, 0) is 11.3 Å². The Morgan fingerprint density at radius 2 is 2.04 bits per heavy atom. The molecule has 1 aromatic heterocycles. The number of ether oxygens (including phenoxy) is 3. The first-order chi connectivity index (χ1) is 13.0. The minimum atomic E-state index is -0.528. The summed E-state index contributed by atoms with van der Waals surface area (Å²) in [6, 6.07) is 8.88. The molecular formula is C20H27N3O4. The van der Waals surface area contributed by atoms with Crippen LogP contribution < -0.4 is 20.5 Å². The molecule has 7 nitrogen and oxygen atoms in total. The van der Waals surface area contributed by atoms with Crippen LogP contribution in [0, 0.1) is 0 Å². The zero-order valence-corrected chi connectivity index (χ0v) is 16.0. The first-order valence-corrected chi connectivity index (χ1v) is 8.92. The molecule has 0 unspecified atom stereocenters. The molecule has 0 aliphatic rings. The summed E-state index contributed by atoms with van der Waals surface area (Å²) >= 11 is 0. The number of hydrogen-bond donors (Lipinski definition) is 2. The number of nitrogens with one attached hydrogen (secondary N) is 1. The van der Waals surface area contributed by atoms with Crippen molar-refractivity contribution in [3.63, 3.8) is 0 Å². The Bertz CT molecular complexity index is 733. The zero-order chi connectivity index (χ0) is 19.6. The Morgan fingerprint density at radius 3 is 2.67 bits per heavy atom. The quantitative estimate of drug-likeness (QED) is 0.588. The number of aromatic nitrogens is 1. The highest BCUT2D eigenvalue weighted by molar-refractivity contribution is 5.92. The van der Waals surface area contributed by atoms with E-state index in [9.17, 15) is 4.79 Å². The van der Waals surface area contributed by atoms with Crippen molar-refractivity contribution < 1.29 is 19.0 Å². The van der Waals surface area contributed by atoms with E-state index >= 15 is 0 Å². The molecule has 1 heterocycles. The van der Waals surface area contributed by atoms with Crippen molar-refractivity contribution in [2.75, 3.05) is 20.3 Å². The summed E-state index contributed by atoms with van der Waals surface area (Å²) in [5.74, 6) is 0.984. The molecule has 0 bridgehead atoms. The van der Waals surface area contributed by atoms with Gasteiger partial charge in [0.2, 0.25) is 11.8 Å². The predicted molar refractivity (Wildman–Crippen MR) is 103 cm³/mol. The van der Waals surface area contributed by atoms with Gasteiger partial charge in [-0.25, -0.2) is 4.98 Å². The van der Waals surface area contributed by atoms with Gasteiger partial charge >= 0.3 is 0 Å². The Hall–Kier alpha value is -2.64. The molecular weight excluding hydrogens is 346 g/mol. The number of amides is 1. The molecule has 0 fully saturated rings. The molecule has 0 saturated heterocycles. The third kappa shape index (κ3) is 6.88. The lowest BCUT2D eigenvalue weighted by molar-refractivity contribution is 0.0770. The average molecular weight is 373 g/mol. The normalized spacial score (nSPS) is 10.8. The fourth-order valence-electron chi connectivity index (χ4n) is 2.35. The number of pyridine rings is 1. The van der Waals surface area contributed by atoms with E-state index in [1.807, 2.05) is 32.0 Å². The molecule has 0 saturated carbocycles. The number of nitrogens with zero attached hydrogens (tertiary/aromatic N) is 1. The maximum atomic E-state index is 11.1. The van der Waals surface area contributed by atoms with Crippen molar-refractivity contribution in [3.05, 3.63) is 47.7 Å². The summed E-state index contributed by atoms with van der Waals surface area (Å²) in [6.07, 6.45) is 2.61. The lowest BCUT2D eigenvalue weighted by Gasteiger charge is -2.12.